The van der Waals surface area contributed by atoms with E-state index in [0.29, 0.717) is 19.3 Å². The minimum atomic E-state index is -0.789. The van der Waals surface area contributed by atoms with Gasteiger partial charge < -0.3 is 14.2 Å². The lowest BCUT2D eigenvalue weighted by atomic mass is 10.1. The molecular weight excluding hydrogens is 949 g/mol. The number of carbonyl (C=O) groups excluding carboxylic acids is 3. The highest BCUT2D eigenvalue weighted by atomic mass is 16.6. The lowest BCUT2D eigenvalue weighted by Crippen LogP contribution is -2.30. The molecule has 0 aromatic heterocycles. The molecule has 77 heavy (non-hydrogen) atoms. The number of rotatable bonds is 58. The number of allylic oxidation sites excluding steroid dienone is 18. The van der Waals surface area contributed by atoms with Gasteiger partial charge >= 0.3 is 17.9 Å². The van der Waals surface area contributed by atoms with Gasteiger partial charge in [0.05, 0.1) is 0 Å². The first-order valence-electron chi connectivity index (χ1n) is 32.4. The van der Waals surface area contributed by atoms with Gasteiger partial charge in [0.1, 0.15) is 13.2 Å². The van der Waals surface area contributed by atoms with Crippen LogP contribution in [0.2, 0.25) is 0 Å². The van der Waals surface area contributed by atoms with E-state index >= 15 is 0 Å². The van der Waals surface area contributed by atoms with Crippen LogP contribution >= 0.6 is 0 Å². The molecule has 6 nitrogen and oxygen atoms in total. The summed E-state index contributed by atoms with van der Waals surface area (Å²) in [6.45, 7) is 6.51. The summed E-state index contributed by atoms with van der Waals surface area (Å²) in [5.74, 6) is -0.899. The average molecular weight is 1070 g/mol. The van der Waals surface area contributed by atoms with Gasteiger partial charge in [0.15, 0.2) is 6.10 Å². The van der Waals surface area contributed by atoms with Crippen LogP contribution in [0.5, 0.6) is 0 Å². The van der Waals surface area contributed by atoms with E-state index in [1.807, 2.05) is 0 Å². The maximum atomic E-state index is 12.9. The summed E-state index contributed by atoms with van der Waals surface area (Å²) in [6.07, 6.45) is 88.0. The molecule has 0 spiro atoms. The van der Waals surface area contributed by atoms with Crippen LogP contribution in [-0.2, 0) is 28.6 Å². The van der Waals surface area contributed by atoms with Gasteiger partial charge in [-0.25, -0.2) is 0 Å². The zero-order chi connectivity index (χ0) is 55.7. The normalized spacial score (nSPS) is 12.8. The van der Waals surface area contributed by atoms with Gasteiger partial charge in [-0.15, -0.1) is 0 Å². The Balaban J connectivity index is 4.33. The minimum absolute atomic E-state index is 0.0847. The van der Waals surface area contributed by atoms with Crippen LogP contribution in [0.25, 0.3) is 0 Å². The SMILES string of the molecule is CC/C=C\C/C=C\C/C=C\C/C=C\C/C=C\C/C=C\CCCCCCCCCCC(=O)OCC(COC(=O)CCCCCCCCCCCCC)OC(=O)CCCCCCCC/C=C\C/C=C\C/C=C\CCCCCCC. The van der Waals surface area contributed by atoms with E-state index in [4.69, 9.17) is 14.2 Å². The topological polar surface area (TPSA) is 78.9 Å². The van der Waals surface area contributed by atoms with Crippen LogP contribution in [0.1, 0.15) is 303 Å². The minimum Gasteiger partial charge on any atom is -0.462 e. The molecule has 0 radical (unpaired) electrons. The number of hydrogen-bond donors (Lipinski definition) is 0. The largest absolute Gasteiger partial charge is 0.462 e. The molecule has 0 heterocycles. The van der Waals surface area contributed by atoms with Crippen LogP contribution in [0.4, 0.5) is 0 Å². The Hall–Kier alpha value is -3.93. The Morgan fingerprint density at radius 2 is 0.506 bits per heavy atom. The summed E-state index contributed by atoms with van der Waals surface area (Å²) in [5.41, 5.74) is 0. The van der Waals surface area contributed by atoms with Crippen LogP contribution < -0.4 is 0 Å². The second-order valence-electron chi connectivity index (χ2n) is 21.3. The summed E-state index contributed by atoms with van der Waals surface area (Å²) < 4.78 is 16.9. The smallest absolute Gasteiger partial charge is 0.306 e. The van der Waals surface area contributed by atoms with Crippen LogP contribution in [0, 0.1) is 0 Å². The maximum absolute atomic E-state index is 12.9. The van der Waals surface area contributed by atoms with E-state index in [-0.39, 0.29) is 31.1 Å². The first kappa shape index (κ1) is 73.1. The first-order chi connectivity index (χ1) is 38.0. The van der Waals surface area contributed by atoms with Crippen LogP contribution in [0.3, 0.4) is 0 Å². The Labute approximate surface area is 476 Å². The predicted molar refractivity (Wildman–Crippen MR) is 334 cm³/mol. The molecule has 0 bridgehead atoms. The van der Waals surface area contributed by atoms with E-state index in [1.165, 1.54) is 135 Å². The molecule has 0 amide bonds. The Bertz CT molecular complexity index is 1560. The molecule has 0 aliphatic heterocycles. The molecule has 0 aliphatic carbocycles. The van der Waals surface area contributed by atoms with Crippen LogP contribution in [-0.4, -0.2) is 37.2 Å². The van der Waals surface area contributed by atoms with Gasteiger partial charge in [-0.1, -0.05) is 284 Å². The first-order valence-corrected chi connectivity index (χ1v) is 32.4. The summed E-state index contributed by atoms with van der Waals surface area (Å²) in [4.78, 5) is 38.3. The van der Waals surface area contributed by atoms with Crippen molar-refractivity contribution in [2.75, 3.05) is 13.2 Å². The quantitative estimate of drug-likeness (QED) is 0.0261. The van der Waals surface area contributed by atoms with Gasteiger partial charge in [-0.05, 0) is 109 Å². The fourth-order valence-electron chi connectivity index (χ4n) is 8.92. The molecule has 1 unspecified atom stereocenters. The third-order valence-corrected chi connectivity index (χ3v) is 13.8. The van der Waals surface area contributed by atoms with Gasteiger partial charge in [0, 0.05) is 19.3 Å². The Kier molecular flexibility index (Phi) is 61.3. The maximum Gasteiger partial charge on any atom is 0.306 e. The third kappa shape index (κ3) is 62.8. The predicted octanol–water partition coefficient (Wildman–Crippen LogP) is 22.2. The summed E-state index contributed by atoms with van der Waals surface area (Å²) in [6, 6.07) is 0. The fourth-order valence-corrected chi connectivity index (χ4v) is 8.92. The molecular formula is C71H120O6. The highest BCUT2D eigenvalue weighted by molar-refractivity contribution is 5.71. The van der Waals surface area contributed by atoms with E-state index in [2.05, 4.69) is 130 Å². The van der Waals surface area contributed by atoms with Gasteiger partial charge in [0.2, 0.25) is 0 Å². The molecule has 0 rings (SSSR count). The van der Waals surface area contributed by atoms with Gasteiger partial charge in [0.25, 0.3) is 0 Å². The fraction of sp³-hybridized carbons (Fsp3) is 0.704. The van der Waals surface area contributed by atoms with Crippen molar-refractivity contribution in [3.8, 4) is 0 Å². The van der Waals surface area contributed by atoms with Gasteiger partial charge in [-0.3, -0.25) is 14.4 Å². The molecule has 6 heteroatoms. The molecule has 440 valence electrons. The molecule has 0 N–H and O–H groups in total. The van der Waals surface area contributed by atoms with Gasteiger partial charge in [-0.2, -0.15) is 0 Å². The zero-order valence-electron chi connectivity index (χ0n) is 50.4. The zero-order valence-corrected chi connectivity index (χ0v) is 50.4. The molecule has 0 aromatic rings. The summed E-state index contributed by atoms with van der Waals surface area (Å²) >= 11 is 0. The lowest BCUT2D eigenvalue weighted by Gasteiger charge is -2.18. The summed E-state index contributed by atoms with van der Waals surface area (Å²) in [7, 11) is 0. The molecule has 0 aromatic carbocycles. The number of esters is 3. The lowest BCUT2D eigenvalue weighted by molar-refractivity contribution is -0.167. The Morgan fingerprint density at radius 1 is 0.273 bits per heavy atom. The number of carbonyl (C=O) groups is 3. The molecule has 0 fully saturated rings. The van der Waals surface area contributed by atoms with Crippen molar-refractivity contribution in [2.45, 2.75) is 309 Å². The number of hydrogen-bond acceptors (Lipinski definition) is 6. The van der Waals surface area contributed by atoms with E-state index in [1.54, 1.807) is 0 Å². The highest BCUT2D eigenvalue weighted by Crippen LogP contribution is 2.16. The van der Waals surface area contributed by atoms with Crippen molar-refractivity contribution in [3.63, 3.8) is 0 Å². The van der Waals surface area contributed by atoms with Crippen molar-refractivity contribution in [3.05, 3.63) is 109 Å². The van der Waals surface area contributed by atoms with Crippen molar-refractivity contribution in [1.82, 2.24) is 0 Å². The van der Waals surface area contributed by atoms with E-state index in [9.17, 15) is 14.4 Å². The van der Waals surface area contributed by atoms with Crippen molar-refractivity contribution in [2.24, 2.45) is 0 Å². The van der Waals surface area contributed by atoms with Crippen molar-refractivity contribution < 1.29 is 28.6 Å². The molecule has 0 saturated heterocycles. The van der Waals surface area contributed by atoms with E-state index < -0.39 is 6.10 Å². The molecule has 1 atom stereocenters. The average Bonchev–Trinajstić information content (AvgIpc) is 3.43. The molecule has 0 aliphatic rings. The number of unbranched alkanes of at least 4 members (excludes halogenated alkanes) is 29. The Morgan fingerprint density at radius 3 is 0.792 bits per heavy atom. The number of ether oxygens (including phenoxy) is 3. The standard InChI is InChI=1S/C71H120O6/c1-4-7-10-13-16-19-22-24-26-28-30-32-33-34-35-36-37-39-40-42-44-46-49-52-55-58-61-64-70(73)76-67-68(66-75-69(72)63-60-57-54-51-48-21-18-15-12-9-6-3)77-71(74)65-62-59-56-53-50-47-45-43-41-38-31-29-27-25-23-20-17-14-11-8-5-2/h7,10,16,19,23-26,29-32,34-35,37,39,41,43,68H,4-6,8-9,11-15,17-18,20-22,27-28,33,36,38,40,42,44-67H2,1-3H3/b10-7-,19-16-,25-23-,26-24-,31-29-,32-30-,35-34-,39-37-,43-41-. The van der Waals surface area contributed by atoms with Crippen LogP contribution in [0.15, 0.2) is 109 Å². The second kappa shape index (κ2) is 64.6. The molecule has 0 saturated carbocycles. The van der Waals surface area contributed by atoms with E-state index in [0.717, 1.165) is 128 Å². The van der Waals surface area contributed by atoms with Crippen molar-refractivity contribution in [1.29, 1.82) is 0 Å². The van der Waals surface area contributed by atoms with Crippen molar-refractivity contribution >= 4 is 17.9 Å². The monoisotopic (exact) mass is 1070 g/mol. The summed E-state index contributed by atoms with van der Waals surface area (Å²) in [5, 5.41) is 0. The second-order valence-corrected chi connectivity index (χ2v) is 21.3. The highest BCUT2D eigenvalue weighted by Gasteiger charge is 2.19. The third-order valence-electron chi connectivity index (χ3n) is 13.8.